The molecule has 0 aliphatic heterocycles. The van der Waals surface area contributed by atoms with Crippen LogP contribution in [0.2, 0.25) is 0 Å². The molecular weight excluding hydrogens is 476 g/mol. The first-order chi connectivity index (χ1) is 17.9. The quantitative estimate of drug-likeness (QED) is 0.235. The van der Waals surface area contributed by atoms with Gasteiger partial charge in [-0.05, 0) is 30.2 Å². The van der Waals surface area contributed by atoms with E-state index in [1.54, 1.807) is 60.7 Å². The van der Waals surface area contributed by atoms with E-state index in [0.717, 1.165) is 23.1 Å². The van der Waals surface area contributed by atoms with Crippen LogP contribution in [0.25, 0.3) is 5.69 Å². The lowest BCUT2D eigenvalue weighted by Crippen LogP contribution is -2.25. The molecule has 4 rings (SSSR count). The number of carbonyl (C=O) groups is 1. The summed E-state index contributed by atoms with van der Waals surface area (Å²) in [6.07, 6.45) is 1.08. The first-order valence-electron chi connectivity index (χ1n) is 11.8. The summed E-state index contributed by atoms with van der Waals surface area (Å²) in [5.74, 6) is -0.209. The van der Waals surface area contributed by atoms with Gasteiger partial charge in [0.1, 0.15) is 17.3 Å². The minimum atomic E-state index is -1.16. The molecule has 0 bridgehead atoms. The first-order valence-corrected chi connectivity index (χ1v) is 11.8. The Kier molecular flexibility index (Phi) is 7.77. The second kappa shape index (κ2) is 11.3. The SMILES string of the molecule is CCCCc1nn(-c2ccccc2[N+](=O)[O-])c(=O)n1Cc1ccc(OC(C(=O)O)c2ccccc2)cc1. The van der Waals surface area contributed by atoms with E-state index in [-0.39, 0.29) is 17.9 Å². The van der Waals surface area contributed by atoms with Crippen LogP contribution in [0.15, 0.2) is 83.7 Å². The van der Waals surface area contributed by atoms with Gasteiger partial charge >= 0.3 is 11.7 Å². The third-order valence-electron chi connectivity index (χ3n) is 5.84. The number of aliphatic carboxylic acids is 1. The van der Waals surface area contributed by atoms with Gasteiger partial charge in [0.25, 0.3) is 5.69 Å². The van der Waals surface area contributed by atoms with E-state index in [0.29, 0.717) is 23.6 Å². The van der Waals surface area contributed by atoms with Crippen LogP contribution in [0.3, 0.4) is 0 Å². The van der Waals surface area contributed by atoms with Crippen LogP contribution < -0.4 is 10.4 Å². The average molecular weight is 503 g/mol. The molecule has 0 fully saturated rings. The number of nitrogens with zero attached hydrogens (tertiary/aromatic N) is 4. The van der Waals surface area contributed by atoms with Crippen molar-refractivity contribution in [1.29, 1.82) is 0 Å². The van der Waals surface area contributed by atoms with Crippen molar-refractivity contribution >= 4 is 11.7 Å². The third-order valence-corrected chi connectivity index (χ3v) is 5.84. The van der Waals surface area contributed by atoms with Gasteiger partial charge in [-0.25, -0.2) is 9.59 Å². The van der Waals surface area contributed by atoms with Crippen LogP contribution in [0.5, 0.6) is 5.75 Å². The lowest BCUT2D eigenvalue weighted by atomic mass is 10.1. The van der Waals surface area contributed by atoms with Crippen LogP contribution in [0.1, 0.15) is 42.8 Å². The molecule has 0 amide bonds. The van der Waals surface area contributed by atoms with Crippen molar-refractivity contribution in [2.24, 2.45) is 0 Å². The highest BCUT2D eigenvalue weighted by Gasteiger charge is 2.23. The van der Waals surface area contributed by atoms with E-state index >= 15 is 0 Å². The van der Waals surface area contributed by atoms with Crippen molar-refractivity contribution in [2.45, 2.75) is 38.8 Å². The molecule has 1 aromatic heterocycles. The Morgan fingerprint density at radius 1 is 1.05 bits per heavy atom. The summed E-state index contributed by atoms with van der Waals surface area (Å²) in [5.41, 5.74) is 0.716. The normalized spacial score (nSPS) is 11.7. The highest BCUT2D eigenvalue weighted by Crippen LogP contribution is 2.24. The fourth-order valence-electron chi connectivity index (χ4n) is 3.95. The molecule has 10 nitrogen and oxygen atoms in total. The smallest absolute Gasteiger partial charge is 0.351 e. The number of aryl methyl sites for hydroxylation is 1. The molecule has 1 unspecified atom stereocenters. The fourth-order valence-corrected chi connectivity index (χ4v) is 3.95. The molecule has 0 aliphatic carbocycles. The number of nitro benzene ring substituents is 1. The molecule has 0 spiro atoms. The molecule has 10 heteroatoms. The number of carboxylic acids is 1. The minimum absolute atomic E-state index is 0.110. The number of rotatable bonds is 11. The third kappa shape index (κ3) is 5.75. The highest BCUT2D eigenvalue weighted by atomic mass is 16.6. The standard InChI is InChI=1S/C27H26N4O6/c1-2-3-13-24-28-30(22-11-7-8-12-23(22)31(35)36)27(34)29(24)18-19-14-16-21(17-15-19)37-25(26(32)33)20-9-5-4-6-10-20/h4-12,14-17,25H,2-3,13,18H2,1H3,(H,32,33). The Bertz CT molecular complexity index is 1440. The van der Waals surface area contributed by atoms with E-state index in [1.807, 2.05) is 6.92 Å². The molecule has 1 heterocycles. The molecule has 3 aromatic carbocycles. The Morgan fingerprint density at radius 3 is 2.38 bits per heavy atom. The Labute approximate surface area is 212 Å². The molecular formula is C27H26N4O6. The maximum Gasteiger partial charge on any atom is 0.351 e. The number of ether oxygens (including phenoxy) is 1. The van der Waals surface area contributed by atoms with Crippen LogP contribution >= 0.6 is 0 Å². The topological polar surface area (TPSA) is 129 Å². The molecule has 37 heavy (non-hydrogen) atoms. The van der Waals surface area contributed by atoms with Crippen LogP contribution in [-0.2, 0) is 17.8 Å². The number of hydrogen-bond donors (Lipinski definition) is 1. The number of para-hydroxylation sites is 2. The van der Waals surface area contributed by atoms with E-state index in [1.165, 1.54) is 22.8 Å². The summed E-state index contributed by atoms with van der Waals surface area (Å²) in [5, 5.41) is 25.6. The van der Waals surface area contributed by atoms with Crippen molar-refractivity contribution in [2.75, 3.05) is 0 Å². The predicted molar refractivity (Wildman–Crippen MR) is 136 cm³/mol. The summed E-state index contributed by atoms with van der Waals surface area (Å²) >= 11 is 0. The summed E-state index contributed by atoms with van der Waals surface area (Å²) in [4.78, 5) is 36.0. The molecule has 1 N–H and O–H groups in total. The summed E-state index contributed by atoms with van der Waals surface area (Å²) in [6, 6.07) is 21.5. The Morgan fingerprint density at radius 2 is 1.73 bits per heavy atom. The van der Waals surface area contributed by atoms with E-state index in [2.05, 4.69) is 5.10 Å². The lowest BCUT2D eigenvalue weighted by Gasteiger charge is -2.16. The molecule has 0 saturated carbocycles. The zero-order valence-corrected chi connectivity index (χ0v) is 20.2. The lowest BCUT2D eigenvalue weighted by molar-refractivity contribution is -0.384. The van der Waals surface area contributed by atoms with Crippen molar-refractivity contribution in [3.63, 3.8) is 0 Å². The van der Waals surface area contributed by atoms with Crippen LogP contribution in [0, 0.1) is 10.1 Å². The number of nitro groups is 1. The maximum absolute atomic E-state index is 13.3. The Balaban J connectivity index is 1.62. The van der Waals surface area contributed by atoms with Crippen LogP contribution in [-0.4, -0.2) is 30.3 Å². The number of aromatic nitrogens is 3. The van der Waals surface area contributed by atoms with Gasteiger partial charge in [0, 0.05) is 18.1 Å². The van der Waals surface area contributed by atoms with Gasteiger partial charge in [-0.15, -0.1) is 5.10 Å². The fraction of sp³-hybridized carbons (Fsp3) is 0.222. The Hall–Kier alpha value is -4.73. The molecule has 190 valence electrons. The minimum Gasteiger partial charge on any atom is -0.478 e. The van der Waals surface area contributed by atoms with E-state index < -0.39 is 22.7 Å². The number of carboxylic acid groups (broad SMARTS) is 1. The zero-order valence-electron chi connectivity index (χ0n) is 20.2. The van der Waals surface area contributed by atoms with Crippen molar-refractivity contribution in [3.05, 3.63) is 116 Å². The molecule has 0 saturated heterocycles. The highest BCUT2D eigenvalue weighted by molar-refractivity contribution is 5.74. The average Bonchev–Trinajstić information content (AvgIpc) is 3.21. The van der Waals surface area contributed by atoms with Gasteiger partial charge in [0.05, 0.1) is 11.5 Å². The molecule has 0 aliphatic rings. The van der Waals surface area contributed by atoms with Gasteiger partial charge in [-0.2, -0.15) is 4.68 Å². The van der Waals surface area contributed by atoms with Gasteiger partial charge in [0.15, 0.2) is 0 Å². The summed E-state index contributed by atoms with van der Waals surface area (Å²) in [7, 11) is 0. The first kappa shape index (κ1) is 25.4. The monoisotopic (exact) mass is 502 g/mol. The van der Waals surface area contributed by atoms with Gasteiger partial charge in [-0.1, -0.05) is 67.9 Å². The second-order valence-corrected chi connectivity index (χ2v) is 8.44. The summed E-state index contributed by atoms with van der Waals surface area (Å²) < 4.78 is 8.30. The van der Waals surface area contributed by atoms with Crippen molar-refractivity contribution in [3.8, 4) is 11.4 Å². The molecule has 1 atom stereocenters. The van der Waals surface area contributed by atoms with Gasteiger partial charge in [-0.3, -0.25) is 14.7 Å². The number of unbranched alkanes of at least 4 members (excludes halogenated alkanes) is 1. The zero-order chi connectivity index (χ0) is 26.4. The summed E-state index contributed by atoms with van der Waals surface area (Å²) in [6.45, 7) is 2.22. The van der Waals surface area contributed by atoms with Gasteiger partial charge in [0.2, 0.25) is 6.10 Å². The van der Waals surface area contributed by atoms with Gasteiger partial charge < -0.3 is 9.84 Å². The van der Waals surface area contributed by atoms with Crippen LogP contribution in [0.4, 0.5) is 5.69 Å². The number of hydrogen-bond acceptors (Lipinski definition) is 6. The second-order valence-electron chi connectivity index (χ2n) is 8.44. The largest absolute Gasteiger partial charge is 0.478 e. The van der Waals surface area contributed by atoms with Crippen molar-refractivity contribution in [1.82, 2.24) is 14.3 Å². The van der Waals surface area contributed by atoms with E-state index in [4.69, 9.17) is 4.74 Å². The van der Waals surface area contributed by atoms with E-state index in [9.17, 15) is 24.8 Å². The predicted octanol–water partition coefficient (Wildman–Crippen LogP) is 4.54. The molecule has 4 aromatic rings. The van der Waals surface area contributed by atoms with Crippen molar-refractivity contribution < 1.29 is 19.6 Å². The number of benzene rings is 3. The molecule has 0 radical (unpaired) electrons. The maximum atomic E-state index is 13.3.